The van der Waals surface area contributed by atoms with E-state index in [0.29, 0.717) is 16.5 Å². The van der Waals surface area contributed by atoms with Crippen molar-refractivity contribution in [2.75, 3.05) is 11.1 Å². The number of aromatic nitrogens is 1. The van der Waals surface area contributed by atoms with Gasteiger partial charge in [0.2, 0.25) is 0 Å². The Morgan fingerprint density at radius 1 is 1.47 bits per heavy atom. The van der Waals surface area contributed by atoms with Crippen LogP contribution in [0.1, 0.15) is 27.7 Å². The second-order valence-electron chi connectivity index (χ2n) is 4.82. The van der Waals surface area contributed by atoms with E-state index in [1.165, 1.54) is 0 Å². The fourth-order valence-electron chi connectivity index (χ4n) is 0.997. The number of rotatable bonds is 2. The molecule has 1 aromatic rings. The summed E-state index contributed by atoms with van der Waals surface area (Å²) in [5, 5.41) is 3.84. The van der Waals surface area contributed by atoms with Gasteiger partial charge in [-0.15, -0.1) is 0 Å². The number of nitrogens with two attached hydrogens (primary N) is 1. The highest BCUT2D eigenvalue weighted by Gasteiger charge is 2.20. The molecule has 1 atom stereocenters. The molecular weight excluding hydrogens is 210 g/mol. The minimum Gasteiger partial charge on any atom is -0.396 e. The molecule has 0 aromatic carbocycles. The van der Waals surface area contributed by atoms with Gasteiger partial charge in [-0.3, -0.25) is 0 Å². The molecule has 0 saturated heterocycles. The summed E-state index contributed by atoms with van der Waals surface area (Å²) in [6.45, 7) is 8.60. The number of nitrogens with one attached hydrogen (secondary N) is 1. The maximum absolute atomic E-state index is 5.80. The molecule has 0 aliphatic heterocycles. The minimum absolute atomic E-state index is 0.160. The summed E-state index contributed by atoms with van der Waals surface area (Å²) in [6.07, 6.45) is 1.59. The van der Waals surface area contributed by atoms with Gasteiger partial charge in [0.1, 0.15) is 5.82 Å². The topological polar surface area (TPSA) is 50.9 Å². The van der Waals surface area contributed by atoms with Crippen LogP contribution < -0.4 is 11.1 Å². The number of nitrogen functional groups attached to an aromatic ring is 1. The Bertz CT molecular complexity index is 344. The van der Waals surface area contributed by atoms with E-state index < -0.39 is 0 Å². The first-order valence-electron chi connectivity index (χ1n) is 4.98. The molecule has 0 fully saturated rings. The van der Waals surface area contributed by atoms with Gasteiger partial charge in [-0.05, 0) is 18.4 Å². The fourth-order valence-corrected chi connectivity index (χ4v) is 1.16. The third-order valence-electron chi connectivity index (χ3n) is 2.54. The summed E-state index contributed by atoms with van der Waals surface area (Å²) in [5.74, 6) is 0.696. The molecule has 0 spiro atoms. The Kier molecular flexibility index (Phi) is 3.45. The molecule has 3 nitrogen and oxygen atoms in total. The molecule has 0 radical (unpaired) electrons. The molecule has 1 heterocycles. The Morgan fingerprint density at radius 2 is 2.07 bits per heavy atom. The van der Waals surface area contributed by atoms with Crippen LogP contribution in [0.25, 0.3) is 0 Å². The van der Waals surface area contributed by atoms with Gasteiger partial charge in [0.05, 0.1) is 10.7 Å². The quantitative estimate of drug-likeness (QED) is 0.816. The molecule has 0 saturated carbocycles. The lowest BCUT2D eigenvalue weighted by atomic mass is 9.88. The highest BCUT2D eigenvalue weighted by molar-refractivity contribution is 6.30. The van der Waals surface area contributed by atoms with E-state index in [0.717, 1.165) is 0 Å². The third-order valence-corrected chi connectivity index (χ3v) is 2.74. The smallest absolute Gasteiger partial charge is 0.149 e. The second-order valence-corrected chi connectivity index (χ2v) is 5.26. The zero-order chi connectivity index (χ0) is 11.6. The number of pyridine rings is 1. The summed E-state index contributed by atoms with van der Waals surface area (Å²) in [4.78, 5) is 4.16. The predicted molar refractivity (Wildman–Crippen MR) is 66.2 cm³/mol. The Hall–Kier alpha value is -0.960. The van der Waals surface area contributed by atoms with Crippen LogP contribution in [0, 0.1) is 5.41 Å². The monoisotopic (exact) mass is 227 g/mol. The van der Waals surface area contributed by atoms with Gasteiger partial charge in [-0.1, -0.05) is 32.4 Å². The summed E-state index contributed by atoms with van der Waals surface area (Å²) in [6, 6.07) is 1.99. The lowest BCUT2D eigenvalue weighted by Crippen LogP contribution is -2.31. The number of anilines is 2. The van der Waals surface area contributed by atoms with Crippen molar-refractivity contribution >= 4 is 23.1 Å². The Morgan fingerprint density at radius 3 is 2.53 bits per heavy atom. The Labute approximate surface area is 96.0 Å². The lowest BCUT2D eigenvalue weighted by Gasteiger charge is -2.28. The maximum Gasteiger partial charge on any atom is 0.149 e. The summed E-state index contributed by atoms with van der Waals surface area (Å²) >= 11 is 5.77. The van der Waals surface area contributed by atoms with Crippen molar-refractivity contribution < 1.29 is 0 Å². The van der Waals surface area contributed by atoms with E-state index in [9.17, 15) is 0 Å². The van der Waals surface area contributed by atoms with Crippen molar-refractivity contribution in [3.63, 3.8) is 0 Å². The summed E-state index contributed by atoms with van der Waals surface area (Å²) < 4.78 is 0. The summed E-state index contributed by atoms with van der Waals surface area (Å²) in [5.41, 5.74) is 6.55. The van der Waals surface area contributed by atoms with E-state index in [-0.39, 0.29) is 11.5 Å². The van der Waals surface area contributed by atoms with Gasteiger partial charge in [0.15, 0.2) is 0 Å². The first kappa shape index (κ1) is 12.1. The Balaban J connectivity index is 2.82. The van der Waals surface area contributed by atoms with Gasteiger partial charge in [0.25, 0.3) is 0 Å². The molecule has 0 bridgehead atoms. The van der Waals surface area contributed by atoms with Crippen molar-refractivity contribution in [2.24, 2.45) is 5.41 Å². The number of hydrogen-bond acceptors (Lipinski definition) is 3. The zero-order valence-electron chi connectivity index (χ0n) is 9.63. The zero-order valence-corrected chi connectivity index (χ0v) is 10.4. The van der Waals surface area contributed by atoms with E-state index in [1.54, 1.807) is 12.3 Å². The minimum atomic E-state index is 0.160. The molecule has 0 aliphatic rings. The van der Waals surface area contributed by atoms with Crippen LogP contribution >= 0.6 is 11.6 Å². The van der Waals surface area contributed by atoms with Crippen LogP contribution in [0.4, 0.5) is 11.5 Å². The van der Waals surface area contributed by atoms with Gasteiger partial charge in [-0.25, -0.2) is 4.98 Å². The summed E-state index contributed by atoms with van der Waals surface area (Å²) in [7, 11) is 0. The average Bonchev–Trinajstić information content (AvgIpc) is 2.08. The van der Waals surface area contributed by atoms with Crippen molar-refractivity contribution in [1.29, 1.82) is 0 Å². The normalized spacial score (nSPS) is 13.7. The molecule has 0 amide bonds. The average molecular weight is 228 g/mol. The molecule has 1 unspecified atom stereocenters. The van der Waals surface area contributed by atoms with Crippen LogP contribution in [-0.4, -0.2) is 11.0 Å². The van der Waals surface area contributed by atoms with E-state index in [4.69, 9.17) is 17.3 Å². The van der Waals surface area contributed by atoms with Crippen LogP contribution in [0.3, 0.4) is 0 Å². The van der Waals surface area contributed by atoms with Crippen LogP contribution in [0.2, 0.25) is 5.02 Å². The second kappa shape index (κ2) is 4.27. The molecule has 84 valence electrons. The first-order chi connectivity index (χ1) is 6.80. The fraction of sp³-hybridized carbons (Fsp3) is 0.545. The van der Waals surface area contributed by atoms with E-state index in [2.05, 4.69) is 38.0 Å². The third kappa shape index (κ3) is 3.27. The molecule has 0 aliphatic carbocycles. The largest absolute Gasteiger partial charge is 0.396 e. The van der Waals surface area contributed by atoms with Crippen molar-refractivity contribution in [3.05, 3.63) is 17.3 Å². The van der Waals surface area contributed by atoms with Crippen molar-refractivity contribution in [1.82, 2.24) is 4.98 Å². The lowest BCUT2D eigenvalue weighted by molar-refractivity contribution is 0.359. The van der Waals surface area contributed by atoms with Crippen molar-refractivity contribution in [3.8, 4) is 0 Å². The molecule has 4 heteroatoms. The van der Waals surface area contributed by atoms with Gasteiger partial charge in [-0.2, -0.15) is 0 Å². The van der Waals surface area contributed by atoms with E-state index in [1.807, 2.05) is 0 Å². The molecule has 15 heavy (non-hydrogen) atoms. The standard InChI is InChI=1S/C11H18ClN3/c1-7(11(2,3)4)15-10-9(13)5-8(12)6-14-10/h5-7H,13H2,1-4H3,(H,14,15). The number of hydrogen-bond donors (Lipinski definition) is 2. The maximum atomic E-state index is 5.80. The SMILES string of the molecule is CC(Nc1ncc(Cl)cc1N)C(C)(C)C. The van der Waals surface area contributed by atoms with Gasteiger partial charge in [0, 0.05) is 12.2 Å². The van der Waals surface area contributed by atoms with Gasteiger partial charge < -0.3 is 11.1 Å². The van der Waals surface area contributed by atoms with Crippen LogP contribution in [0.15, 0.2) is 12.3 Å². The number of nitrogens with zero attached hydrogens (tertiary/aromatic N) is 1. The van der Waals surface area contributed by atoms with Crippen LogP contribution in [-0.2, 0) is 0 Å². The molecule has 1 rings (SSSR count). The van der Waals surface area contributed by atoms with Gasteiger partial charge >= 0.3 is 0 Å². The number of halogens is 1. The molecule has 1 aromatic heterocycles. The molecular formula is C11H18ClN3. The van der Waals surface area contributed by atoms with Crippen molar-refractivity contribution in [2.45, 2.75) is 33.7 Å². The highest BCUT2D eigenvalue weighted by Crippen LogP contribution is 2.25. The van der Waals surface area contributed by atoms with Crippen LogP contribution in [0.5, 0.6) is 0 Å². The molecule has 3 N–H and O–H groups in total. The highest BCUT2D eigenvalue weighted by atomic mass is 35.5. The van der Waals surface area contributed by atoms with E-state index >= 15 is 0 Å². The predicted octanol–water partition coefficient (Wildman–Crippen LogP) is 3.16. The first-order valence-corrected chi connectivity index (χ1v) is 5.36.